The largest absolute Gasteiger partial charge is 0.319 e. The van der Waals surface area contributed by atoms with Crippen LogP contribution in [-0.2, 0) is 0 Å². The fourth-order valence-electron chi connectivity index (χ4n) is 1.57. The van der Waals surface area contributed by atoms with Gasteiger partial charge in [0, 0.05) is 10.0 Å². The number of rotatable bonds is 2. The van der Waals surface area contributed by atoms with Crippen LogP contribution >= 0.6 is 15.9 Å². The Labute approximate surface area is 113 Å². The van der Waals surface area contributed by atoms with Crippen molar-refractivity contribution in [1.82, 2.24) is 0 Å². The third-order valence-electron chi connectivity index (χ3n) is 2.46. The van der Waals surface area contributed by atoms with Crippen LogP contribution in [0.2, 0.25) is 0 Å². The highest BCUT2D eigenvalue weighted by Crippen LogP contribution is 2.20. The molecule has 92 valence electrons. The van der Waals surface area contributed by atoms with Gasteiger partial charge >= 0.3 is 0 Å². The van der Waals surface area contributed by atoms with Crippen LogP contribution in [0.5, 0.6) is 0 Å². The highest BCUT2D eigenvalue weighted by molar-refractivity contribution is 9.10. The molecule has 2 aromatic carbocycles. The number of halogens is 2. The minimum absolute atomic E-state index is 0.171. The molecule has 0 fully saturated rings. The Kier molecular flexibility index (Phi) is 3.77. The van der Waals surface area contributed by atoms with Crippen LogP contribution in [0.1, 0.15) is 15.9 Å². The van der Waals surface area contributed by atoms with E-state index in [1.54, 1.807) is 24.3 Å². The zero-order chi connectivity index (χ0) is 13.1. The Hall–Kier alpha value is -1.68. The van der Waals surface area contributed by atoms with Crippen molar-refractivity contribution in [2.24, 2.45) is 0 Å². The van der Waals surface area contributed by atoms with Gasteiger partial charge in [-0.25, -0.2) is 4.39 Å². The van der Waals surface area contributed by atoms with Crippen molar-refractivity contribution in [2.45, 2.75) is 6.92 Å². The molecule has 1 N–H and O–H groups in total. The Balaban J connectivity index is 2.21. The van der Waals surface area contributed by atoms with Crippen LogP contribution in [0.15, 0.2) is 46.9 Å². The van der Waals surface area contributed by atoms with Gasteiger partial charge in [0.15, 0.2) is 0 Å². The minimum Gasteiger partial charge on any atom is -0.319 e. The minimum atomic E-state index is -0.467. The average Bonchev–Trinajstić information content (AvgIpc) is 2.32. The second-order valence-electron chi connectivity index (χ2n) is 3.95. The Morgan fingerprint density at radius 1 is 1.22 bits per heavy atom. The summed E-state index contributed by atoms with van der Waals surface area (Å²) in [4.78, 5) is 11.9. The van der Waals surface area contributed by atoms with E-state index in [0.29, 0.717) is 10.0 Å². The highest BCUT2D eigenvalue weighted by atomic mass is 79.9. The van der Waals surface area contributed by atoms with Crippen molar-refractivity contribution in [3.05, 3.63) is 63.9 Å². The van der Waals surface area contributed by atoms with Crippen molar-refractivity contribution in [1.29, 1.82) is 0 Å². The van der Waals surface area contributed by atoms with Gasteiger partial charge in [-0.15, -0.1) is 0 Å². The molecule has 0 aromatic heterocycles. The van der Waals surface area contributed by atoms with Gasteiger partial charge in [-0.1, -0.05) is 33.6 Å². The Morgan fingerprint density at radius 2 is 2.00 bits per heavy atom. The molecule has 0 aliphatic carbocycles. The van der Waals surface area contributed by atoms with Crippen LogP contribution in [0.25, 0.3) is 0 Å². The smallest absolute Gasteiger partial charge is 0.255 e. The van der Waals surface area contributed by atoms with Crippen LogP contribution in [0.3, 0.4) is 0 Å². The molecule has 1 amide bonds. The summed E-state index contributed by atoms with van der Waals surface area (Å²) >= 11 is 3.16. The molecule has 18 heavy (non-hydrogen) atoms. The highest BCUT2D eigenvalue weighted by Gasteiger charge is 2.09. The van der Waals surface area contributed by atoms with Gasteiger partial charge in [-0.05, 0) is 37.3 Å². The zero-order valence-electron chi connectivity index (χ0n) is 9.71. The standard InChI is InChI=1S/C14H11BrFNO/c1-9-3-2-4-10(7-9)14(18)17-13-6-5-11(15)8-12(13)16/h2-8H,1H3,(H,17,18). The monoisotopic (exact) mass is 307 g/mol. The summed E-state index contributed by atoms with van der Waals surface area (Å²) in [6.45, 7) is 1.90. The first-order valence-electron chi connectivity index (χ1n) is 5.39. The molecule has 0 saturated carbocycles. The van der Waals surface area contributed by atoms with E-state index in [1.165, 1.54) is 12.1 Å². The van der Waals surface area contributed by atoms with E-state index in [4.69, 9.17) is 0 Å². The van der Waals surface area contributed by atoms with E-state index in [-0.39, 0.29) is 11.6 Å². The zero-order valence-corrected chi connectivity index (χ0v) is 11.3. The molecule has 0 radical (unpaired) electrons. The summed E-state index contributed by atoms with van der Waals surface area (Å²) < 4.78 is 14.2. The predicted octanol–water partition coefficient (Wildman–Crippen LogP) is 4.15. The molecule has 4 heteroatoms. The van der Waals surface area contributed by atoms with E-state index < -0.39 is 5.82 Å². The second kappa shape index (κ2) is 5.31. The van der Waals surface area contributed by atoms with E-state index in [1.807, 2.05) is 13.0 Å². The molecule has 2 aromatic rings. The lowest BCUT2D eigenvalue weighted by Gasteiger charge is -2.07. The molecule has 2 rings (SSSR count). The number of hydrogen-bond acceptors (Lipinski definition) is 1. The molecule has 0 aliphatic rings. The van der Waals surface area contributed by atoms with Crippen LogP contribution in [-0.4, -0.2) is 5.91 Å². The van der Waals surface area contributed by atoms with Gasteiger partial charge in [-0.3, -0.25) is 4.79 Å². The van der Waals surface area contributed by atoms with Gasteiger partial charge in [0.25, 0.3) is 5.91 Å². The van der Waals surface area contributed by atoms with Crippen LogP contribution < -0.4 is 5.32 Å². The molecule has 0 heterocycles. The van der Waals surface area contributed by atoms with E-state index in [9.17, 15) is 9.18 Å². The SMILES string of the molecule is Cc1cccc(C(=O)Nc2ccc(Br)cc2F)c1. The van der Waals surface area contributed by atoms with Crippen LogP contribution in [0, 0.1) is 12.7 Å². The summed E-state index contributed by atoms with van der Waals surface area (Å²) in [6.07, 6.45) is 0. The van der Waals surface area contributed by atoms with Gasteiger partial charge < -0.3 is 5.32 Å². The van der Waals surface area contributed by atoms with Crippen molar-refractivity contribution < 1.29 is 9.18 Å². The second-order valence-corrected chi connectivity index (χ2v) is 4.86. The fraction of sp³-hybridized carbons (Fsp3) is 0.0714. The maximum Gasteiger partial charge on any atom is 0.255 e. The van der Waals surface area contributed by atoms with Crippen molar-refractivity contribution in [3.63, 3.8) is 0 Å². The van der Waals surface area contributed by atoms with Gasteiger partial charge in [0.1, 0.15) is 5.82 Å². The number of anilines is 1. The first-order chi connectivity index (χ1) is 8.56. The molecule has 0 aliphatic heterocycles. The molecule has 0 bridgehead atoms. The van der Waals surface area contributed by atoms with Crippen molar-refractivity contribution in [3.8, 4) is 0 Å². The van der Waals surface area contributed by atoms with E-state index >= 15 is 0 Å². The normalized spacial score (nSPS) is 10.2. The first kappa shape index (κ1) is 12.8. The topological polar surface area (TPSA) is 29.1 Å². The lowest BCUT2D eigenvalue weighted by Crippen LogP contribution is -2.13. The maximum absolute atomic E-state index is 13.6. The number of hydrogen-bond donors (Lipinski definition) is 1. The number of amides is 1. The summed E-state index contributed by atoms with van der Waals surface area (Å²) in [5.74, 6) is -0.787. The predicted molar refractivity (Wildman–Crippen MR) is 73.2 cm³/mol. The van der Waals surface area contributed by atoms with Gasteiger partial charge in [-0.2, -0.15) is 0 Å². The summed E-state index contributed by atoms with van der Waals surface area (Å²) in [7, 11) is 0. The number of carbonyl (C=O) groups excluding carboxylic acids is 1. The number of carbonyl (C=O) groups is 1. The van der Waals surface area contributed by atoms with Crippen LogP contribution in [0.4, 0.5) is 10.1 Å². The van der Waals surface area contributed by atoms with E-state index in [2.05, 4.69) is 21.2 Å². The van der Waals surface area contributed by atoms with Crippen molar-refractivity contribution >= 4 is 27.5 Å². The lowest BCUT2D eigenvalue weighted by molar-refractivity contribution is 0.102. The first-order valence-corrected chi connectivity index (χ1v) is 6.18. The lowest BCUT2D eigenvalue weighted by atomic mass is 10.1. The van der Waals surface area contributed by atoms with E-state index in [0.717, 1.165) is 5.56 Å². The number of aryl methyl sites for hydroxylation is 1. The molecule has 0 unspecified atom stereocenters. The quantitative estimate of drug-likeness (QED) is 0.887. The third kappa shape index (κ3) is 2.96. The van der Waals surface area contributed by atoms with Gasteiger partial charge in [0.05, 0.1) is 5.69 Å². The molecule has 2 nitrogen and oxygen atoms in total. The number of nitrogens with one attached hydrogen (secondary N) is 1. The molecule has 0 spiro atoms. The average molecular weight is 308 g/mol. The molecule has 0 saturated heterocycles. The number of benzene rings is 2. The fourth-order valence-corrected chi connectivity index (χ4v) is 1.90. The van der Waals surface area contributed by atoms with Gasteiger partial charge in [0.2, 0.25) is 0 Å². The maximum atomic E-state index is 13.6. The summed E-state index contributed by atoms with van der Waals surface area (Å²) in [6, 6.07) is 11.7. The molecular weight excluding hydrogens is 297 g/mol. The molecule has 0 atom stereocenters. The van der Waals surface area contributed by atoms with Crippen molar-refractivity contribution in [2.75, 3.05) is 5.32 Å². The third-order valence-corrected chi connectivity index (χ3v) is 2.95. The summed E-state index contributed by atoms with van der Waals surface area (Å²) in [5.41, 5.74) is 1.67. The molecular formula is C14H11BrFNO. The summed E-state index contributed by atoms with van der Waals surface area (Å²) in [5, 5.41) is 2.55. The Bertz CT molecular complexity index is 598. The Morgan fingerprint density at radius 3 is 2.67 bits per heavy atom.